The molecule has 0 unspecified atom stereocenters. The third kappa shape index (κ3) is 4.70. The van der Waals surface area contributed by atoms with Gasteiger partial charge in [0.15, 0.2) is 17.1 Å². The van der Waals surface area contributed by atoms with E-state index in [1.54, 1.807) is 21.3 Å². The third-order valence-electron chi connectivity index (χ3n) is 5.52. The normalized spacial score (nSPS) is 11.5. The van der Waals surface area contributed by atoms with Crippen molar-refractivity contribution >= 4 is 22.7 Å². The van der Waals surface area contributed by atoms with Crippen LogP contribution in [0.2, 0.25) is 0 Å². The van der Waals surface area contributed by atoms with Crippen LogP contribution < -0.4 is 4.74 Å². The molecule has 0 atom stereocenters. The number of furan rings is 1. The Balaban J connectivity index is 1.63. The summed E-state index contributed by atoms with van der Waals surface area (Å²) in [6.45, 7) is 0. The molecule has 4 nitrogen and oxygen atoms in total. The zero-order valence-electron chi connectivity index (χ0n) is 18.6. The summed E-state index contributed by atoms with van der Waals surface area (Å²) in [5.74, 6) is 2.32. The molecule has 4 aromatic rings. The van der Waals surface area contributed by atoms with Crippen LogP contribution in [-0.2, 0) is 15.9 Å². The number of thioether (sulfide) groups is 1. The summed E-state index contributed by atoms with van der Waals surface area (Å²) in [6, 6.07) is 27.3. The van der Waals surface area contributed by atoms with Crippen LogP contribution in [0.15, 0.2) is 83.3 Å². The Morgan fingerprint density at radius 2 is 1.41 bits per heavy atom. The molecule has 0 spiro atoms. The van der Waals surface area contributed by atoms with Crippen molar-refractivity contribution in [1.82, 2.24) is 0 Å². The number of hydrogen-bond donors (Lipinski definition) is 0. The van der Waals surface area contributed by atoms with E-state index in [9.17, 15) is 0 Å². The molecule has 0 aliphatic carbocycles. The molecular weight excluding hydrogens is 420 g/mol. The summed E-state index contributed by atoms with van der Waals surface area (Å²) in [6.07, 6.45) is 0.255. The average molecular weight is 449 g/mol. The molecule has 0 amide bonds. The molecule has 0 radical (unpaired) electrons. The van der Waals surface area contributed by atoms with Crippen molar-refractivity contribution in [2.75, 3.05) is 27.1 Å². The number of ether oxygens (including phenoxy) is 3. The molecule has 5 heteroatoms. The second-order valence-electron chi connectivity index (χ2n) is 7.41. The van der Waals surface area contributed by atoms with E-state index in [1.807, 2.05) is 23.9 Å². The van der Waals surface area contributed by atoms with E-state index in [-0.39, 0.29) is 5.25 Å². The van der Waals surface area contributed by atoms with Gasteiger partial charge < -0.3 is 18.6 Å². The number of aryl methyl sites for hydroxylation is 1. The van der Waals surface area contributed by atoms with Crippen molar-refractivity contribution in [3.8, 4) is 5.75 Å². The van der Waals surface area contributed by atoms with Crippen LogP contribution >= 0.6 is 11.8 Å². The highest BCUT2D eigenvalue weighted by Crippen LogP contribution is 2.40. The van der Waals surface area contributed by atoms with Crippen LogP contribution in [0, 0.1) is 0 Å². The molecule has 0 fully saturated rings. The number of methoxy groups -OCH3 is 3. The van der Waals surface area contributed by atoms with Gasteiger partial charge in [-0.3, -0.25) is 0 Å². The van der Waals surface area contributed by atoms with Crippen LogP contribution in [0.5, 0.6) is 5.75 Å². The van der Waals surface area contributed by atoms with Crippen LogP contribution in [0.1, 0.15) is 34.0 Å². The molecule has 0 saturated carbocycles. The Labute approximate surface area is 193 Å². The molecule has 0 N–H and O–H groups in total. The molecular formula is C27H28O4S. The maximum absolute atomic E-state index is 6.21. The minimum atomic E-state index is -0.564. The standard InChI is InChI=1S/C27H28O4S/c1-28-23-16-10-15-21-22(25(31-24(21)23)27(29-2)30-3)17-18-32-26(19-11-6-4-7-12-19)20-13-8-5-9-14-20/h4-16,26-27H,17-18H2,1-3H3. The molecule has 1 aromatic heterocycles. The fourth-order valence-electron chi connectivity index (χ4n) is 4.00. The lowest BCUT2D eigenvalue weighted by atomic mass is 10.0. The molecule has 4 rings (SSSR count). The van der Waals surface area contributed by atoms with Crippen molar-refractivity contribution in [2.45, 2.75) is 18.0 Å². The third-order valence-corrected chi connectivity index (χ3v) is 6.83. The second-order valence-corrected chi connectivity index (χ2v) is 8.62. The summed E-state index contributed by atoms with van der Waals surface area (Å²) >= 11 is 1.93. The molecule has 0 aliphatic heterocycles. The fourth-order valence-corrected chi connectivity index (χ4v) is 5.26. The van der Waals surface area contributed by atoms with Crippen LogP contribution in [-0.4, -0.2) is 27.1 Å². The second kappa shape index (κ2) is 10.7. The van der Waals surface area contributed by atoms with Gasteiger partial charge in [0.25, 0.3) is 0 Å². The van der Waals surface area contributed by atoms with Gasteiger partial charge in [-0.25, -0.2) is 0 Å². The van der Waals surface area contributed by atoms with Gasteiger partial charge in [0.05, 0.1) is 12.4 Å². The Morgan fingerprint density at radius 1 is 0.781 bits per heavy atom. The van der Waals surface area contributed by atoms with Crippen molar-refractivity contribution in [3.05, 3.63) is 101 Å². The first-order valence-electron chi connectivity index (χ1n) is 10.6. The minimum absolute atomic E-state index is 0.259. The summed E-state index contributed by atoms with van der Waals surface area (Å²) in [7, 11) is 4.90. The van der Waals surface area contributed by atoms with Gasteiger partial charge in [-0.2, -0.15) is 0 Å². The first kappa shape index (κ1) is 22.5. The topological polar surface area (TPSA) is 40.8 Å². The molecule has 0 bridgehead atoms. The minimum Gasteiger partial charge on any atom is -0.493 e. The Kier molecular flexibility index (Phi) is 7.53. The highest BCUT2D eigenvalue weighted by molar-refractivity contribution is 7.99. The fraction of sp³-hybridized carbons (Fsp3) is 0.259. The number of hydrogen-bond acceptors (Lipinski definition) is 5. The predicted molar refractivity (Wildman–Crippen MR) is 130 cm³/mol. The number of benzene rings is 3. The van der Waals surface area contributed by atoms with E-state index < -0.39 is 6.29 Å². The highest BCUT2D eigenvalue weighted by atomic mass is 32.2. The largest absolute Gasteiger partial charge is 0.493 e. The van der Waals surface area contributed by atoms with Gasteiger partial charge in [0.2, 0.25) is 6.29 Å². The zero-order chi connectivity index (χ0) is 22.3. The molecule has 166 valence electrons. The highest BCUT2D eigenvalue weighted by Gasteiger charge is 2.24. The van der Waals surface area contributed by atoms with Gasteiger partial charge >= 0.3 is 0 Å². The monoisotopic (exact) mass is 448 g/mol. The summed E-state index contributed by atoms with van der Waals surface area (Å²) in [5, 5.41) is 1.30. The van der Waals surface area contributed by atoms with E-state index in [2.05, 4.69) is 66.7 Å². The lowest BCUT2D eigenvalue weighted by Gasteiger charge is -2.18. The van der Waals surface area contributed by atoms with E-state index >= 15 is 0 Å². The predicted octanol–water partition coefficient (Wildman–Crippen LogP) is 6.80. The van der Waals surface area contributed by atoms with Gasteiger partial charge in [0.1, 0.15) is 0 Å². The molecule has 32 heavy (non-hydrogen) atoms. The van der Waals surface area contributed by atoms with Gasteiger partial charge in [-0.1, -0.05) is 72.8 Å². The lowest BCUT2D eigenvalue weighted by Crippen LogP contribution is -2.06. The quantitative estimate of drug-likeness (QED) is 0.250. The van der Waals surface area contributed by atoms with Crippen molar-refractivity contribution in [1.29, 1.82) is 0 Å². The Bertz CT molecular complexity index is 1080. The smallest absolute Gasteiger partial charge is 0.217 e. The van der Waals surface area contributed by atoms with Gasteiger partial charge in [0, 0.05) is 25.2 Å². The van der Waals surface area contributed by atoms with Crippen molar-refractivity contribution in [3.63, 3.8) is 0 Å². The lowest BCUT2D eigenvalue weighted by molar-refractivity contribution is -0.117. The number of fused-ring (bicyclic) bond motifs is 1. The number of para-hydroxylation sites is 1. The first-order valence-corrected chi connectivity index (χ1v) is 11.7. The maximum Gasteiger partial charge on any atom is 0.217 e. The average Bonchev–Trinajstić information content (AvgIpc) is 3.22. The van der Waals surface area contributed by atoms with E-state index in [0.717, 1.165) is 28.7 Å². The summed E-state index contributed by atoms with van der Waals surface area (Å²) in [5.41, 5.74) is 4.43. The molecule has 1 heterocycles. The van der Waals surface area contributed by atoms with Crippen molar-refractivity contribution in [2.24, 2.45) is 0 Å². The van der Waals surface area contributed by atoms with Crippen molar-refractivity contribution < 1.29 is 18.6 Å². The first-order chi connectivity index (χ1) is 15.8. The van der Waals surface area contributed by atoms with E-state index in [4.69, 9.17) is 18.6 Å². The summed E-state index contributed by atoms with van der Waals surface area (Å²) in [4.78, 5) is 0. The van der Waals surface area contributed by atoms with Crippen LogP contribution in [0.4, 0.5) is 0 Å². The SMILES string of the molecule is COc1cccc2c(CCSC(c3ccccc3)c3ccccc3)c(C(OC)OC)oc12. The maximum atomic E-state index is 6.21. The molecule has 0 saturated heterocycles. The van der Waals surface area contributed by atoms with Crippen LogP contribution in [0.25, 0.3) is 11.0 Å². The van der Waals surface area contributed by atoms with E-state index in [0.29, 0.717) is 11.5 Å². The van der Waals surface area contributed by atoms with Gasteiger partial charge in [-0.05, 0) is 29.4 Å². The van der Waals surface area contributed by atoms with Gasteiger partial charge in [-0.15, -0.1) is 11.8 Å². The Hall–Kier alpha value is -2.73. The number of rotatable bonds is 10. The van der Waals surface area contributed by atoms with E-state index in [1.165, 1.54) is 11.1 Å². The molecule has 0 aliphatic rings. The zero-order valence-corrected chi connectivity index (χ0v) is 19.4. The Morgan fingerprint density at radius 3 is 1.97 bits per heavy atom. The van der Waals surface area contributed by atoms with Crippen LogP contribution in [0.3, 0.4) is 0 Å². The molecule has 3 aromatic carbocycles. The summed E-state index contributed by atoms with van der Waals surface area (Å²) < 4.78 is 22.8.